The van der Waals surface area contributed by atoms with E-state index in [1.807, 2.05) is 19.1 Å². The van der Waals surface area contributed by atoms with Crippen molar-refractivity contribution in [3.8, 4) is 0 Å². The van der Waals surface area contributed by atoms with Crippen LogP contribution in [0.2, 0.25) is 0 Å². The average molecular weight is 559 g/mol. The first-order valence-corrected chi connectivity index (χ1v) is 14.4. The molecule has 0 radical (unpaired) electrons. The molecule has 0 amide bonds. The fourth-order valence-corrected chi connectivity index (χ4v) is 7.11. The first kappa shape index (κ1) is 28.8. The largest absolute Gasteiger partial charge is 0.481 e. The molecule has 0 aliphatic heterocycles. The minimum Gasteiger partial charge on any atom is -0.481 e. The second-order valence-corrected chi connectivity index (χ2v) is 12.2. The van der Waals surface area contributed by atoms with Gasteiger partial charge >= 0.3 is 17.9 Å². The molecule has 3 aliphatic rings. The van der Waals surface area contributed by atoms with E-state index in [0.29, 0.717) is 48.8 Å². The number of hydrogen-bond donors (Lipinski definition) is 2. The molecule has 0 spiro atoms. The van der Waals surface area contributed by atoms with E-state index in [2.05, 4.69) is 13.8 Å². The lowest BCUT2D eigenvalue weighted by molar-refractivity contribution is -0.150. The van der Waals surface area contributed by atoms with Gasteiger partial charge in [0.1, 0.15) is 12.7 Å². The first-order chi connectivity index (χ1) is 19.6. The van der Waals surface area contributed by atoms with Crippen LogP contribution in [0.4, 0.5) is 0 Å². The van der Waals surface area contributed by atoms with Gasteiger partial charge in [0.15, 0.2) is 0 Å². The van der Waals surface area contributed by atoms with Gasteiger partial charge in [-0.25, -0.2) is 9.59 Å². The number of carbonyl (C=O) groups excluding carboxylic acids is 2. The Bertz CT molecular complexity index is 1380. The number of aliphatic hydroxyl groups is 1. The predicted molar refractivity (Wildman–Crippen MR) is 153 cm³/mol. The van der Waals surface area contributed by atoms with Gasteiger partial charge in [-0.05, 0) is 79.9 Å². The number of carboxylic acid groups (broad SMARTS) is 1. The number of aliphatic carboxylic acids is 1. The van der Waals surface area contributed by atoms with Crippen molar-refractivity contribution in [2.45, 2.75) is 65.1 Å². The highest BCUT2D eigenvalue weighted by Crippen LogP contribution is 2.63. The van der Waals surface area contributed by atoms with Gasteiger partial charge in [0, 0.05) is 11.0 Å². The number of fused-ring (bicyclic) bond motifs is 3. The molecule has 5 rings (SSSR count). The smallest absolute Gasteiger partial charge is 0.338 e. The van der Waals surface area contributed by atoms with Crippen LogP contribution in [0.1, 0.15) is 73.6 Å². The zero-order valence-electron chi connectivity index (χ0n) is 23.8. The highest BCUT2D eigenvalue weighted by Gasteiger charge is 2.60. The molecule has 2 aromatic carbocycles. The van der Waals surface area contributed by atoms with Crippen LogP contribution in [0, 0.1) is 22.7 Å². The summed E-state index contributed by atoms with van der Waals surface area (Å²) in [5.74, 6) is -2.06. The van der Waals surface area contributed by atoms with Crippen LogP contribution in [0.5, 0.6) is 0 Å². The van der Waals surface area contributed by atoms with Crippen molar-refractivity contribution in [1.82, 2.24) is 0 Å². The van der Waals surface area contributed by atoms with E-state index in [-0.39, 0.29) is 18.4 Å². The van der Waals surface area contributed by atoms with E-state index in [9.17, 15) is 24.6 Å². The molecule has 3 unspecified atom stereocenters. The maximum absolute atomic E-state index is 13.3. The van der Waals surface area contributed by atoms with Gasteiger partial charge in [-0.2, -0.15) is 0 Å². The molecule has 1 saturated carbocycles. The van der Waals surface area contributed by atoms with Gasteiger partial charge in [0.2, 0.25) is 0 Å². The Kier molecular flexibility index (Phi) is 7.93. The van der Waals surface area contributed by atoms with Crippen LogP contribution in [0.3, 0.4) is 0 Å². The molecule has 7 nitrogen and oxygen atoms in total. The molecule has 0 bridgehead atoms. The lowest BCUT2D eigenvalue weighted by atomic mass is 9.53. The molecule has 216 valence electrons. The number of carboxylic acids is 1. The van der Waals surface area contributed by atoms with E-state index in [1.165, 1.54) is 0 Å². The van der Waals surface area contributed by atoms with Crippen LogP contribution in [-0.2, 0) is 14.3 Å². The normalized spacial score (nSPS) is 29.2. The number of hydrogen-bond acceptors (Lipinski definition) is 6. The van der Waals surface area contributed by atoms with Crippen molar-refractivity contribution < 1.29 is 34.1 Å². The molecule has 0 heterocycles. The first-order valence-electron chi connectivity index (χ1n) is 14.4. The number of benzene rings is 2. The van der Waals surface area contributed by atoms with Gasteiger partial charge in [-0.1, -0.05) is 62.7 Å². The lowest BCUT2D eigenvalue weighted by Gasteiger charge is -2.51. The third-order valence-corrected chi connectivity index (χ3v) is 9.57. The van der Waals surface area contributed by atoms with Crippen LogP contribution in [0.25, 0.3) is 0 Å². The standard InChI is InChI=1S/C34H38O7/c1-21(2)25-14-15-34(32(38)39)17-16-33(3)26(29(25)34)19-27(41-31(37)23-12-8-5-9-13-23)24(18-28(33)35)20-40-30(36)22-10-6-4-7-11-22/h4-13,18,21,26-28,35H,14-17,19-20H2,1-3H3,(H,38,39)/t26?,27?,28?,33-,34+/m1/s1. The maximum atomic E-state index is 13.3. The van der Waals surface area contributed by atoms with Crippen molar-refractivity contribution in [3.63, 3.8) is 0 Å². The molecular formula is C34H38O7. The number of aliphatic hydroxyl groups excluding tert-OH is 1. The lowest BCUT2D eigenvalue weighted by Crippen LogP contribution is -2.50. The SMILES string of the molecule is CC(C)C1=C2C3CC(OC(=O)c4ccccc4)C(COC(=O)c4ccccc4)=CC(O)[C@]3(C)CC[C@@]2(C(=O)O)CC1. The van der Waals surface area contributed by atoms with Gasteiger partial charge < -0.3 is 19.7 Å². The molecule has 7 heteroatoms. The Hall–Kier alpha value is -3.71. The minimum absolute atomic E-state index is 0.151. The van der Waals surface area contributed by atoms with E-state index >= 15 is 0 Å². The number of rotatable bonds is 7. The second-order valence-electron chi connectivity index (χ2n) is 12.2. The van der Waals surface area contributed by atoms with Crippen molar-refractivity contribution in [1.29, 1.82) is 0 Å². The highest BCUT2D eigenvalue weighted by atomic mass is 16.6. The van der Waals surface area contributed by atoms with Crippen LogP contribution >= 0.6 is 0 Å². The minimum atomic E-state index is -0.984. The van der Waals surface area contributed by atoms with Crippen LogP contribution in [-0.4, -0.2) is 46.9 Å². The van der Waals surface area contributed by atoms with Crippen molar-refractivity contribution in [3.05, 3.63) is 94.6 Å². The Labute approximate surface area is 240 Å². The van der Waals surface area contributed by atoms with Crippen LogP contribution < -0.4 is 0 Å². The van der Waals surface area contributed by atoms with Crippen molar-refractivity contribution in [2.75, 3.05) is 6.61 Å². The third-order valence-electron chi connectivity index (χ3n) is 9.57. The number of carbonyl (C=O) groups is 3. The number of ether oxygens (including phenoxy) is 2. The van der Waals surface area contributed by atoms with E-state index in [0.717, 1.165) is 11.1 Å². The molecular weight excluding hydrogens is 520 g/mol. The summed E-state index contributed by atoms with van der Waals surface area (Å²) in [5.41, 5.74) is 1.62. The quantitative estimate of drug-likeness (QED) is 0.317. The molecule has 0 saturated heterocycles. The summed E-state index contributed by atoms with van der Waals surface area (Å²) in [6.07, 6.45) is 2.38. The topological polar surface area (TPSA) is 110 Å². The highest BCUT2D eigenvalue weighted by molar-refractivity contribution is 5.90. The van der Waals surface area contributed by atoms with E-state index in [1.54, 1.807) is 54.6 Å². The number of esters is 2. The van der Waals surface area contributed by atoms with Crippen LogP contribution in [0.15, 0.2) is 83.5 Å². The van der Waals surface area contributed by atoms with Gasteiger partial charge in [0.05, 0.1) is 22.6 Å². The zero-order valence-corrected chi connectivity index (χ0v) is 23.8. The number of allylic oxidation sites excluding steroid dienone is 1. The fraction of sp³-hybridized carbons (Fsp3) is 0.441. The summed E-state index contributed by atoms with van der Waals surface area (Å²) < 4.78 is 11.8. The molecule has 2 aromatic rings. The second kappa shape index (κ2) is 11.3. The summed E-state index contributed by atoms with van der Waals surface area (Å²) in [7, 11) is 0. The van der Waals surface area contributed by atoms with Gasteiger partial charge in [0.25, 0.3) is 0 Å². The van der Waals surface area contributed by atoms with Crippen molar-refractivity contribution >= 4 is 17.9 Å². The summed E-state index contributed by atoms with van der Waals surface area (Å²) in [6, 6.07) is 17.3. The monoisotopic (exact) mass is 558 g/mol. The Morgan fingerprint density at radius 3 is 2.12 bits per heavy atom. The maximum Gasteiger partial charge on any atom is 0.338 e. The van der Waals surface area contributed by atoms with E-state index < -0.39 is 40.9 Å². The summed E-state index contributed by atoms with van der Waals surface area (Å²) in [5, 5.41) is 22.2. The molecule has 1 fully saturated rings. The predicted octanol–water partition coefficient (Wildman–Crippen LogP) is 5.99. The molecule has 0 aromatic heterocycles. The Balaban J connectivity index is 1.54. The molecule has 3 aliphatic carbocycles. The molecule has 5 atom stereocenters. The Morgan fingerprint density at radius 2 is 1.54 bits per heavy atom. The summed E-state index contributed by atoms with van der Waals surface area (Å²) in [4.78, 5) is 38.9. The van der Waals surface area contributed by atoms with Crippen molar-refractivity contribution in [2.24, 2.45) is 22.7 Å². The zero-order chi connectivity index (χ0) is 29.4. The summed E-state index contributed by atoms with van der Waals surface area (Å²) in [6.45, 7) is 6.00. The summed E-state index contributed by atoms with van der Waals surface area (Å²) >= 11 is 0. The average Bonchev–Trinajstić information content (AvgIpc) is 3.34. The Morgan fingerprint density at radius 1 is 0.927 bits per heavy atom. The van der Waals surface area contributed by atoms with Gasteiger partial charge in [-0.15, -0.1) is 0 Å². The molecule has 2 N–H and O–H groups in total. The molecule has 41 heavy (non-hydrogen) atoms. The third kappa shape index (κ3) is 5.23. The van der Waals surface area contributed by atoms with E-state index in [4.69, 9.17) is 9.47 Å². The van der Waals surface area contributed by atoms with Gasteiger partial charge in [-0.3, -0.25) is 4.79 Å². The fourth-order valence-electron chi connectivity index (χ4n) is 7.11.